The molecule has 0 radical (unpaired) electrons. The third kappa shape index (κ3) is 2.88. The molecule has 23 heavy (non-hydrogen) atoms. The molecule has 0 saturated carbocycles. The van der Waals surface area contributed by atoms with Gasteiger partial charge in [0.25, 0.3) is 0 Å². The quantitative estimate of drug-likeness (QED) is 0.793. The number of amides is 1. The van der Waals surface area contributed by atoms with E-state index in [2.05, 4.69) is 4.98 Å². The van der Waals surface area contributed by atoms with Gasteiger partial charge in [-0.25, -0.2) is 4.98 Å². The summed E-state index contributed by atoms with van der Waals surface area (Å²) in [6.07, 6.45) is 3.70. The zero-order valence-corrected chi connectivity index (χ0v) is 13.7. The molecule has 0 aliphatic carbocycles. The molecule has 3 aromatic rings. The first-order valence-corrected chi connectivity index (χ1v) is 8.96. The molecule has 1 atom stereocenters. The number of likely N-dealkylation sites (tertiary alicyclic amines) is 1. The van der Waals surface area contributed by atoms with E-state index in [4.69, 9.17) is 4.98 Å². The van der Waals surface area contributed by atoms with Gasteiger partial charge < -0.3 is 9.88 Å². The first-order chi connectivity index (χ1) is 11.3. The lowest BCUT2D eigenvalue weighted by molar-refractivity contribution is -0.134. The van der Waals surface area contributed by atoms with Gasteiger partial charge in [-0.05, 0) is 42.8 Å². The minimum Gasteiger partial charge on any atom is -0.340 e. The van der Waals surface area contributed by atoms with Crippen LogP contribution >= 0.6 is 11.3 Å². The molecule has 0 unspecified atom stereocenters. The second-order valence-electron chi connectivity index (χ2n) is 5.99. The van der Waals surface area contributed by atoms with Crippen LogP contribution in [0.5, 0.6) is 0 Å². The number of nitrogens with one attached hydrogen (secondary N) is 1. The molecule has 0 spiro atoms. The van der Waals surface area contributed by atoms with Gasteiger partial charge in [-0.2, -0.15) is 0 Å². The number of H-pyrrole nitrogens is 1. The molecule has 1 aliphatic rings. The number of fused-ring (bicyclic) bond motifs is 1. The van der Waals surface area contributed by atoms with Crippen LogP contribution in [-0.4, -0.2) is 27.3 Å². The summed E-state index contributed by atoms with van der Waals surface area (Å²) in [5.74, 6) is 1.13. The summed E-state index contributed by atoms with van der Waals surface area (Å²) in [6.45, 7) is 0.825. The van der Waals surface area contributed by atoms with E-state index in [9.17, 15) is 4.79 Å². The van der Waals surface area contributed by atoms with Gasteiger partial charge in [-0.15, -0.1) is 11.3 Å². The van der Waals surface area contributed by atoms with Crippen LogP contribution in [0.3, 0.4) is 0 Å². The van der Waals surface area contributed by atoms with Gasteiger partial charge in [0.2, 0.25) is 5.91 Å². The van der Waals surface area contributed by atoms with Crippen LogP contribution in [0, 0.1) is 0 Å². The molecule has 1 N–H and O–H groups in total. The number of aromatic nitrogens is 2. The highest BCUT2D eigenvalue weighted by Crippen LogP contribution is 2.31. The normalized spacial score (nSPS) is 18.4. The Hall–Kier alpha value is -2.14. The van der Waals surface area contributed by atoms with Crippen molar-refractivity contribution in [1.82, 2.24) is 14.9 Å². The number of aromatic amines is 1. The number of benzene rings is 1. The highest BCUT2D eigenvalue weighted by molar-refractivity contribution is 7.10. The predicted molar refractivity (Wildman–Crippen MR) is 92.4 cm³/mol. The van der Waals surface area contributed by atoms with Crippen molar-refractivity contribution in [2.45, 2.75) is 31.7 Å². The lowest BCUT2D eigenvalue weighted by atomic mass is 10.0. The zero-order chi connectivity index (χ0) is 15.6. The van der Waals surface area contributed by atoms with Gasteiger partial charge in [0.15, 0.2) is 0 Å². The first kappa shape index (κ1) is 14.5. The number of hydrogen-bond donors (Lipinski definition) is 1. The lowest BCUT2D eigenvalue weighted by Crippen LogP contribution is -2.39. The van der Waals surface area contributed by atoms with Crippen LogP contribution in [0.25, 0.3) is 11.0 Å². The van der Waals surface area contributed by atoms with Gasteiger partial charge in [0.05, 0.1) is 23.5 Å². The van der Waals surface area contributed by atoms with Gasteiger partial charge in [0, 0.05) is 11.4 Å². The van der Waals surface area contributed by atoms with Crippen molar-refractivity contribution in [3.63, 3.8) is 0 Å². The molecule has 3 heterocycles. The number of piperidine rings is 1. The average Bonchev–Trinajstić information content (AvgIpc) is 3.23. The largest absolute Gasteiger partial charge is 0.340 e. The van der Waals surface area contributed by atoms with Crippen LogP contribution in [0.15, 0.2) is 41.8 Å². The number of carbonyl (C=O) groups excluding carboxylic acids is 1. The maximum absolute atomic E-state index is 12.8. The second-order valence-corrected chi connectivity index (χ2v) is 7.03. The molecule has 118 valence electrons. The summed E-state index contributed by atoms with van der Waals surface area (Å²) < 4.78 is 0. The molecule has 1 saturated heterocycles. The van der Waals surface area contributed by atoms with Crippen molar-refractivity contribution >= 4 is 28.3 Å². The summed E-state index contributed by atoms with van der Waals surface area (Å²) in [6, 6.07) is 12.1. The van der Waals surface area contributed by atoms with Crippen molar-refractivity contribution in [2.75, 3.05) is 6.54 Å². The van der Waals surface area contributed by atoms with Crippen molar-refractivity contribution in [3.05, 3.63) is 52.5 Å². The molecule has 0 bridgehead atoms. The van der Waals surface area contributed by atoms with Crippen molar-refractivity contribution in [2.24, 2.45) is 0 Å². The predicted octanol–water partition coefficient (Wildman–Crippen LogP) is 3.92. The molecule has 1 amide bonds. The van der Waals surface area contributed by atoms with Gasteiger partial charge >= 0.3 is 0 Å². The fourth-order valence-electron chi connectivity index (χ4n) is 3.31. The van der Waals surface area contributed by atoms with Crippen molar-refractivity contribution in [1.29, 1.82) is 0 Å². The molecular formula is C18H19N3OS. The fraction of sp³-hybridized carbons (Fsp3) is 0.333. The summed E-state index contributed by atoms with van der Waals surface area (Å²) in [5.41, 5.74) is 2.01. The number of thiophene rings is 1. The molecule has 4 rings (SSSR count). The van der Waals surface area contributed by atoms with E-state index in [-0.39, 0.29) is 11.9 Å². The molecule has 1 fully saturated rings. The number of nitrogens with zero attached hydrogens (tertiary/aromatic N) is 2. The monoisotopic (exact) mass is 325 g/mol. The topological polar surface area (TPSA) is 49.0 Å². The Bertz CT molecular complexity index is 776. The molecule has 1 aromatic carbocycles. The van der Waals surface area contributed by atoms with Gasteiger partial charge in [-0.1, -0.05) is 18.2 Å². The van der Waals surface area contributed by atoms with E-state index in [1.54, 1.807) is 11.3 Å². The summed E-state index contributed by atoms with van der Waals surface area (Å²) in [4.78, 5) is 24.0. The molecule has 5 heteroatoms. The highest BCUT2D eigenvalue weighted by atomic mass is 32.1. The Morgan fingerprint density at radius 1 is 1.26 bits per heavy atom. The zero-order valence-electron chi connectivity index (χ0n) is 12.9. The SMILES string of the molecule is O=C(Cc1cccs1)N1CCCC[C@H]1c1nc2ccccc2[nH]1. The molecular weight excluding hydrogens is 306 g/mol. The van der Waals surface area contributed by atoms with E-state index in [0.29, 0.717) is 6.42 Å². The van der Waals surface area contributed by atoms with E-state index in [1.807, 2.05) is 46.7 Å². The number of hydrogen-bond acceptors (Lipinski definition) is 3. The number of imidazole rings is 1. The van der Waals surface area contributed by atoms with Crippen LogP contribution in [0.4, 0.5) is 0 Å². The smallest absolute Gasteiger partial charge is 0.228 e. The fourth-order valence-corrected chi connectivity index (χ4v) is 4.00. The van der Waals surface area contributed by atoms with Crippen LogP contribution in [0.1, 0.15) is 36.0 Å². The Morgan fingerprint density at radius 2 is 2.17 bits per heavy atom. The third-order valence-electron chi connectivity index (χ3n) is 4.45. The van der Waals surface area contributed by atoms with E-state index in [0.717, 1.165) is 47.5 Å². The Morgan fingerprint density at radius 3 is 3.00 bits per heavy atom. The average molecular weight is 325 g/mol. The van der Waals surface area contributed by atoms with E-state index >= 15 is 0 Å². The third-order valence-corrected chi connectivity index (χ3v) is 5.33. The molecule has 1 aliphatic heterocycles. The van der Waals surface area contributed by atoms with Gasteiger partial charge in [0.1, 0.15) is 5.82 Å². The van der Waals surface area contributed by atoms with Crippen molar-refractivity contribution < 1.29 is 4.79 Å². The van der Waals surface area contributed by atoms with Crippen molar-refractivity contribution in [3.8, 4) is 0 Å². The maximum atomic E-state index is 12.8. The minimum absolute atomic E-state index is 0.0728. The van der Waals surface area contributed by atoms with Gasteiger partial charge in [-0.3, -0.25) is 4.79 Å². The van der Waals surface area contributed by atoms with E-state index in [1.165, 1.54) is 0 Å². The summed E-state index contributed by atoms with van der Waals surface area (Å²) >= 11 is 1.65. The molecule has 4 nitrogen and oxygen atoms in total. The first-order valence-electron chi connectivity index (χ1n) is 8.08. The highest BCUT2D eigenvalue weighted by Gasteiger charge is 2.30. The summed E-state index contributed by atoms with van der Waals surface area (Å²) in [5, 5.41) is 2.02. The number of rotatable bonds is 3. The van der Waals surface area contributed by atoms with Crippen LogP contribution < -0.4 is 0 Å². The number of para-hydroxylation sites is 2. The standard InChI is InChI=1S/C18H19N3OS/c22-17(12-13-6-5-11-23-13)21-10-4-3-9-16(21)18-19-14-7-1-2-8-15(14)20-18/h1-2,5-8,11,16H,3-4,9-10,12H2,(H,19,20)/t16-/m0/s1. The minimum atomic E-state index is 0.0728. The number of carbonyl (C=O) groups is 1. The Balaban J connectivity index is 1.60. The summed E-state index contributed by atoms with van der Waals surface area (Å²) in [7, 11) is 0. The second kappa shape index (κ2) is 6.16. The van der Waals surface area contributed by atoms with Crippen LogP contribution in [0.2, 0.25) is 0 Å². The van der Waals surface area contributed by atoms with E-state index < -0.39 is 0 Å². The molecule has 2 aromatic heterocycles. The Kier molecular flexibility index (Phi) is 3.87. The van der Waals surface area contributed by atoms with Crippen LogP contribution in [-0.2, 0) is 11.2 Å². The Labute approximate surface area is 139 Å². The lowest BCUT2D eigenvalue weighted by Gasteiger charge is -2.34. The maximum Gasteiger partial charge on any atom is 0.228 e.